The summed E-state index contributed by atoms with van der Waals surface area (Å²) in [4.78, 5) is 107. The molecule has 0 bridgehead atoms. The number of ketones is 8. The largest absolute Gasteiger partial charge is 0.289 e. The fraction of sp³-hybridized carbons (Fsp3) is 0.492. The molecule has 0 aromatic heterocycles. The van der Waals surface area contributed by atoms with E-state index in [2.05, 4.69) is 126 Å². The van der Waals surface area contributed by atoms with Gasteiger partial charge < -0.3 is 0 Å². The van der Waals surface area contributed by atoms with Crippen LogP contribution in [-0.4, -0.2) is 189 Å². The van der Waals surface area contributed by atoms with Gasteiger partial charge in [-0.3, -0.25) is 48.5 Å². The second kappa shape index (κ2) is 61.9. The van der Waals surface area contributed by atoms with Crippen molar-refractivity contribution < 1.29 is 43.3 Å². The lowest BCUT2D eigenvalue weighted by Crippen LogP contribution is -2.18. The molecule has 0 radical (unpaired) electrons. The number of nitro groups is 1. The lowest BCUT2D eigenvalue weighted by atomic mass is 9.84. The zero-order chi connectivity index (χ0) is 100. The van der Waals surface area contributed by atoms with E-state index in [9.17, 15) is 48.5 Å². The number of hydrogen-bond donors (Lipinski definition) is 0. The molecule has 0 N–H and O–H groups in total. The molecule has 8 saturated heterocycles. The van der Waals surface area contributed by atoms with Gasteiger partial charge in [0.1, 0.15) is 92.0 Å². The summed E-state index contributed by atoms with van der Waals surface area (Å²) in [7, 11) is 2.88. The molecule has 8 aliphatic heterocycles. The van der Waals surface area contributed by atoms with Gasteiger partial charge in [0, 0.05) is 56.6 Å². The maximum atomic E-state index is 12.3. The first kappa shape index (κ1) is 114. The fourth-order valence-electron chi connectivity index (χ4n) is 18.8. The Morgan fingerprint density at radius 3 is 0.809 bits per heavy atom. The highest BCUT2D eigenvalue weighted by Gasteiger charge is 2.35. The molecular formula is C122H161NO10S8+8. The molecule has 1 saturated carbocycles. The number of carbonyl (C=O) groups is 8. The van der Waals surface area contributed by atoms with Crippen molar-refractivity contribution >= 4 is 139 Å². The van der Waals surface area contributed by atoms with Crippen LogP contribution in [0.1, 0.15) is 311 Å². The molecule has 19 heteroatoms. The van der Waals surface area contributed by atoms with Crippen molar-refractivity contribution in [2.75, 3.05) is 138 Å². The van der Waals surface area contributed by atoms with Crippen LogP contribution in [-0.2, 0) is 105 Å². The number of non-ortho nitro benzene ring substituents is 1. The molecule has 9 aromatic carbocycles. The van der Waals surface area contributed by atoms with Gasteiger partial charge in [0.25, 0.3) is 5.69 Å². The lowest BCUT2D eigenvalue weighted by Gasteiger charge is -2.21. The van der Waals surface area contributed by atoms with Crippen molar-refractivity contribution in [2.45, 2.75) is 227 Å². The van der Waals surface area contributed by atoms with Crippen molar-refractivity contribution in [1.82, 2.24) is 0 Å². The molecule has 0 amide bonds. The Hall–Kier alpha value is -7.46. The monoisotopic (exact) mass is 2060 g/mol. The quantitative estimate of drug-likeness (QED) is 0.0170. The number of aryl methyl sites for hydroxylation is 3. The van der Waals surface area contributed by atoms with Crippen molar-refractivity contribution in [3.05, 3.63) is 312 Å². The Kier molecular flexibility index (Phi) is 50.0. The average Bonchev–Trinajstić information content (AvgIpc) is 1.67. The fourth-order valence-corrected chi connectivity index (χ4v) is 36.9. The summed E-state index contributed by atoms with van der Waals surface area (Å²) in [6, 6.07) is 73.5. The maximum Gasteiger partial charge on any atom is 0.269 e. The summed E-state index contributed by atoms with van der Waals surface area (Å²) < 4.78 is 0. The van der Waals surface area contributed by atoms with Gasteiger partial charge in [-0.15, -0.1) is 0 Å². The molecule has 754 valence electrons. The van der Waals surface area contributed by atoms with Crippen LogP contribution in [0.5, 0.6) is 0 Å². The van der Waals surface area contributed by atoms with E-state index in [1.807, 2.05) is 129 Å². The number of rotatable bonds is 32. The minimum Gasteiger partial charge on any atom is -0.289 e. The molecule has 9 aliphatic rings. The summed E-state index contributed by atoms with van der Waals surface area (Å²) in [5, 5.41) is 10.5. The van der Waals surface area contributed by atoms with Gasteiger partial charge in [-0.05, 0) is 299 Å². The van der Waals surface area contributed by atoms with Gasteiger partial charge in [-0.1, -0.05) is 279 Å². The Labute approximate surface area is 869 Å². The molecular weight excluding hydrogens is 1900 g/mol. The minimum atomic E-state index is -0.451. The van der Waals surface area contributed by atoms with E-state index in [1.54, 1.807) is 12.1 Å². The number of Topliss-reactive ketones (excluding diaryl/α,β-unsaturated/α-hetero) is 8. The molecule has 8 heterocycles. The van der Waals surface area contributed by atoms with Gasteiger partial charge in [0.15, 0.2) is 46.0 Å². The topological polar surface area (TPSA) is 180 Å². The number of carbonyl (C=O) groups excluding carboxylic acids is 8. The maximum absolute atomic E-state index is 12.3. The molecule has 18 rings (SSSR count). The van der Waals surface area contributed by atoms with E-state index >= 15 is 0 Å². The molecule has 1 aliphatic carbocycles. The van der Waals surface area contributed by atoms with Crippen LogP contribution in [0, 0.1) is 29.9 Å². The van der Waals surface area contributed by atoms with Gasteiger partial charge in [-0.2, -0.15) is 0 Å². The van der Waals surface area contributed by atoms with Gasteiger partial charge >= 0.3 is 0 Å². The van der Waals surface area contributed by atoms with Crippen molar-refractivity contribution in [3.63, 3.8) is 0 Å². The van der Waals surface area contributed by atoms with E-state index in [0.717, 1.165) is 98.0 Å². The highest BCUT2D eigenvalue weighted by atomic mass is 32.2. The van der Waals surface area contributed by atoms with Gasteiger partial charge in [0.05, 0.1) is 4.92 Å². The summed E-state index contributed by atoms with van der Waals surface area (Å²) in [6.45, 7) is 17.3. The van der Waals surface area contributed by atoms with Crippen LogP contribution < -0.4 is 0 Å². The van der Waals surface area contributed by atoms with Crippen LogP contribution >= 0.6 is 0 Å². The molecule has 0 unspecified atom stereocenters. The summed E-state index contributed by atoms with van der Waals surface area (Å²) >= 11 is 0. The Morgan fingerprint density at radius 2 is 0.546 bits per heavy atom. The second-order valence-electron chi connectivity index (χ2n) is 40.7. The first-order valence-electron chi connectivity index (χ1n) is 52.5. The molecule has 0 atom stereocenters. The van der Waals surface area contributed by atoms with E-state index < -0.39 is 4.92 Å². The zero-order valence-corrected chi connectivity index (χ0v) is 92.5. The second-order valence-corrected chi connectivity index (χ2v) is 59.4. The van der Waals surface area contributed by atoms with E-state index in [4.69, 9.17) is 0 Å². The molecule has 9 fully saturated rings. The predicted molar refractivity (Wildman–Crippen MR) is 619 cm³/mol. The normalized spacial score (nSPS) is 17.0. The number of hydrogen-bond acceptors (Lipinski definition) is 10. The molecule has 11 nitrogen and oxygen atoms in total. The van der Waals surface area contributed by atoms with Crippen LogP contribution in [0.2, 0.25) is 0 Å². The SMILES string of the molecule is CC(C)(C)c1ccc(C(=O)C[S+]2CCCC2)cc1.CC(C)Cc1ccc(C(=O)C[S+]2CCCC2)cc1.CCCCc1ccc(C(=O)C[S+]2CCCC2)cc1.Cc1ccc(C(=O)C[S+]2CCCC2)cc1.Cc1ccc(C(=O)C[S+]2CCCC2)cc1.O=C(C[S+]1CCCC1)c1ccc(-c2ccccc2)cc1.O=C(C[S+]1CCCC1)c1ccc(C2CCCCC2)cc1.O=C(C[S+]1CCCC1)c1ccc([N+](=O)[O-])cc1. The number of nitrogens with zero attached hydrogens (tertiary/aromatic N) is 1. The third-order valence-electron chi connectivity index (χ3n) is 27.5. The van der Waals surface area contributed by atoms with Crippen molar-refractivity contribution in [1.29, 1.82) is 0 Å². The Morgan fingerprint density at radius 1 is 0.305 bits per heavy atom. The minimum absolute atomic E-state index is 0.0323. The van der Waals surface area contributed by atoms with E-state index in [0.29, 0.717) is 134 Å². The Balaban J connectivity index is 0.000000154. The van der Waals surface area contributed by atoms with E-state index in [1.165, 1.54) is 296 Å². The molecule has 141 heavy (non-hydrogen) atoms. The zero-order valence-electron chi connectivity index (χ0n) is 86.0. The number of unbranched alkanes of at least 4 members (excludes halogenated alkanes) is 1. The van der Waals surface area contributed by atoms with Crippen molar-refractivity contribution in [3.8, 4) is 11.1 Å². The number of nitro benzene ring substituents is 1. The Bertz CT molecular complexity index is 5190. The van der Waals surface area contributed by atoms with E-state index in [-0.39, 0.29) is 27.8 Å². The first-order chi connectivity index (χ1) is 68.2. The lowest BCUT2D eigenvalue weighted by molar-refractivity contribution is -0.384. The third kappa shape index (κ3) is 41.1. The van der Waals surface area contributed by atoms with Crippen LogP contribution in [0.15, 0.2) is 224 Å². The first-order valence-corrected chi connectivity index (χ1v) is 66.4. The van der Waals surface area contributed by atoms with Crippen LogP contribution in [0.4, 0.5) is 5.69 Å². The summed E-state index contributed by atoms with van der Waals surface area (Å²) in [6.07, 6.45) is 32.5. The predicted octanol–water partition coefficient (Wildman–Crippen LogP) is 26.3. The smallest absolute Gasteiger partial charge is 0.269 e. The average molecular weight is 2060 g/mol. The summed E-state index contributed by atoms with van der Waals surface area (Å²) in [5.74, 6) is 30.1. The summed E-state index contributed by atoms with van der Waals surface area (Å²) in [5.41, 5.74) is 17.3. The van der Waals surface area contributed by atoms with Gasteiger partial charge in [-0.25, -0.2) is 0 Å². The molecule has 9 aromatic rings. The van der Waals surface area contributed by atoms with Crippen LogP contribution in [0.25, 0.3) is 11.1 Å². The van der Waals surface area contributed by atoms with Crippen molar-refractivity contribution in [2.24, 2.45) is 5.92 Å². The highest BCUT2D eigenvalue weighted by molar-refractivity contribution is 7.99. The number of benzene rings is 9. The molecule has 0 spiro atoms. The van der Waals surface area contributed by atoms with Crippen LogP contribution in [0.3, 0.4) is 0 Å². The third-order valence-corrected chi connectivity index (χ3v) is 46.7. The van der Waals surface area contributed by atoms with Gasteiger partial charge in [0.2, 0.25) is 46.3 Å². The standard InChI is InChI=1S/C18H25OS.C18H19OS.3C16H23OS.2C13H17OS.C12H14NO3S/c2*19-18(14-20-12-4-5-13-20)17-10-8-16(9-11-17)15-6-2-1-3-7-15;1-16(2,3)14-8-6-13(7-9-14)15(17)12-18-10-4-5-11-18;1-13(2)11-14-5-7-15(8-6-14)16(17)12-18-9-3-4-10-18;1-2-3-6-14-7-9-15(10-8-14)16(17)13-18-11-4-5-12-18;2*1-11-4-6-12(7-5-11)13(14)10-15-8-2-3-9-15;14-12(9-17-7-1-2-8-17)10-3-5-11(6-4-10)13(15)16/h8-11,15H,1-7,12-14H2;1-3,6-11H,4-5,12-14H2;6-9H,4-5,10-12H2,1-3H3;5-8,13H,3-4,9-12H2,1-2H3;7-10H,2-6,11-13H2,1H3;2*4-7H,2-3,8-10H2,1H3;3-6H,1-2,7-9H2/q8*+1. The highest BCUT2D eigenvalue weighted by Crippen LogP contribution is 2.34.